The summed E-state index contributed by atoms with van der Waals surface area (Å²) in [6, 6.07) is 7.34. The van der Waals surface area contributed by atoms with Crippen LogP contribution in [0.1, 0.15) is 18.7 Å². The van der Waals surface area contributed by atoms with Gasteiger partial charge in [-0.25, -0.2) is 0 Å². The summed E-state index contributed by atoms with van der Waals surface area (Å²) in [5, 5.41) is 11.0. The van der Waals surface area contributed by atoms with E-state index in [1.54, 1.807) is 19.2 Å². The van der Waals surface area contributed by atoms with E-state index in [0.29, 0.717) is 41.8 Å². The molecule has 8 nitrogen and oxygen atoms in total. The van der Waals surface area contributed by atoms with Crippen LogP contribution in [0.15, 0.2) is 33.8 Å². The second-order valence-corrected chi connectivity index (χ2v) is 6.97. The molecule has 160 valence electrons. The van der Waals surface area contributed by atoms with E-state index in [9.17, 15) is 0 Å². The van der Waals surface area contributed by atoms with Crippen molar-refractivity contribution >= 4 is 41.5 Å². The van der Waals surface area contributed by atoms with Gasteiger partial charge in [-0.3, -0.25) is 4.99 Å². The molecule has 2 aromatic rings. The van der Waals surface area contributed by atoms with E-state index in [1.165, 1.54) is 0 Å². The predicted octanol–water partition coefficient (Wildman–Crippen LogP) is 3.12. The Hall–Kier alpha value is -1.43. The third kappa shape index (κ3) is 8.07. The zero-order chi connectivity index (χ0) is 19.6. The van der Waals surface area contributed by atoms with Gasteiger partial charge in [-0.05, 0) is 25.0 Å². The molecule has 1 aromatic heterocycles. The second kappa shape index (κ2) is 13.0. The van der Waals surface area contributed by atoms with E-state index in [4.69, 9.17) is 25.6 Å². The molecule has 2 heterocycles. The number of hydrogen-bond donors (Lipinski definition) is 2. The minimum Gasteiger partial charge on any atom is -0.381 e. The number of guanidine groups is 1. The molecule has 1 saturated heterocycles. The van der Waals surface area contributed by atoms with E-state index < -0.39 is 0 Å². The lowest BCUT2D eigenvalue weighted by atomic mass is 10.1. The number of rotatable bonds is 9. The van der Waals surface area contributed by atoms with Crippen LogP contribution in [-0.4, -0.2) is 56.1 Å². The number of aliphatic imine (C=N–C) groups is 1. The maximum atomic E-state index is 6.00. The van der Waals surface area contributed by atoms with Crippen molar-refractivity contribution in [2.24, 2.45) is 10.9 Å². The maximum Gasteiger partial charge on any atom is 0.246 e. The van der Waals surface area contributed by atoms with Crippen molar-refractivity contribution < 1.29 is 14.0 Å². The van der Waals surface area contributed by atoms with Gasteiger partial charge < -0.3 is 24.6 Å². The lowest BCUT2D eigenvalue weighted by Crippen LogP contribution is -2.37. The van der Waals surface area contributed by atoms with Crippen molar-refractivity contribution in [2.75, 3.05) is 40.0 Å². The molecule has 1 aromatic carbocycles. The van der Waals surface area contributed by atoms with Crippen LogP contribution in [-0.2, 0) is 16.0 Å². The molecule has 29 heavy (non-hydrogen) atoms. The topological polar surface area (TPSA) is 93.8 Å². The zero-order valence-corrected chi connectivity index (χ0v) is 19.5. The van der Waals surface area contributed by atoms with Crippen LogP contribution in [0.2, 0.25) is 5.02 Å². The minimum atomic E-state index is 0. The van der Waals surface area contributed by atoms with Crippen molar-refractivity contribution in [2.45, 2.75) is 19.4 Å². The van der Waals surface area contributed by atoms with Crippen LogP contribution in [0.5, 0.6) is 0 Å². The van der Waals surface area contributed by atoms with Gasteiger partial charge in [0.1, 0.15) is 0 Å². The third-order valence-corrected chi connectivity index (χ3v) is 4.55. The third-order valence-electron chi connectivity index (χ3n) is 4.32. The molecule has 0 spiro atoms. The lowest BCUT2D eigenvalue weighted by molar-refractivity contribution is 0.0888. The van der Waals surface area contributed by atoms with Crippen LogP contribution in [0.4, 0.5) is 0 Å². The van der Waals surface area contributed by atoms with Crippen molar-refractivity contribution in [3.8, 4) is 11.4 Å². The minimum absolute atomic E-state index is 0. The van der Waals surface area contributed by atoms with E-state index in [-0.39, 0.29) is 24.0 Å². The number of nitrogens with one attached hydrogen (secondary N) is 2. The van der Waals surface area contributed by atoms with E-state index in [0.717, 1.165) is 44.8 Å². The molecule has 0 radical (unpaired) electrons. The first-order chi connectivity index (χ1) is 13.7. The summed E-state index contributed by atoms with van der Waals surface area (Å²) in [6.45, 7) is 4.32. The highest BCUT2D eigenvalue weighted by atomic mass is 127. The number of nitrogens with zero attached hydrogens (tertiary/aromatic N) is 3. The molecular formula is C19H27ClIN5O3. The Balaban J connectivity index is 0.00000300. The summed E-state index contributed by atoms with van der Waals surface area (Å²) >= 11 is 6.00. The summed E-state index contributed by atoms with van der Waals surface area (Å²) in [5.74, 6) is 2.20. The van der Waals surface area contributed by atoms with Crippen LogP contribution < -0.4 is 10.6 Å². The zero-order valence-electron chi connectivity index (χ0n) is 16.4. The Morgan fingerprint density at radius 3 is 3.03 bits per heavy atom. The van der Waals surface area contributed by atoms with Gasteiger partial charge >= 0.3 is 0 Å². The largest absolute Gasteiger partial charge is 0.381 e. The van der Waals surface area contributed by atoms with Gasteiger partial charge in [-0.2, -0.15) is 4.98 Å². The molecule has 1 fully saturated rings. The maximum absolute atomic E-state index is 6.00. The highest BCUT2D eigenvalue weighted by molar-refractivity contribution is 14.0. The standard InChI is InChI=1S/C19H26ClN5O3.HI/c1-21-19(22-7-3-8-26-12-14-6-9-27-13-14)23-11-17-24-18(25-28-17)15-4-2-5-16(20)10-15;/h2,4-5,10,14H,3,6-9,11-13H2,1H3,(H2,21,22,23);1H. The molecule has 0 amide bonds. The fraction of sp³-hybridized carbons (Fsp3) is 0.526. The first-order valence-corrected chi connectivity index (χ1v) is 9.81. The number of benzene rings is 1. The molecule has 1 aliphatic rings. The highest BCUT2D eigenvalue weighted by Crippen LogP contribution is 2.19. The first-order valence-electron chi connectivity index (χ1n) is 9.43. The smallest absolute Gasteiger partial charge is 0.246 e. The number of aromatic nitrogens is 2. The van der Waals surface area contributed by atoms with Gasteiger partial charge in [0.25, 0.3) is 0 Å². The summed E-state index contributed by atoms with van der Waals surface area (Å²) in [5.41, 5.74) is 0.814. The number of halogens is 2. The van der Waals surface area contributed by atoms with E-state index >= 15 is 0 Å². The Morgan fingerprint density at radius 1 is 1.38 bits per heavy atom. The molecule has 0 saturated carbocycles. The van der Waals surface area contributed by atoms with Gasteiger partial charge in [0.2, 0.25) is 11.7 Å². The molecule has 2 N–H and O–H groups in total. The van der Waals surface area contributed by atoms with Gasteiger partial charge in [0, 0.05) is 43.3 Å². The molecule has 0 aliphatic carbocycles. The second-order valence-electron chi connectivity index (χ2n) is 6.53. The van der Waals surface area contributed by atoms with E-state index in [2.05, 4.69) is 25.8 Å². The fourth-order valence-electron chi connectivity index (χ4n) is 2.80. The quantitative estimate of drug-likeness (QED) is 0.221. The van der Waals surface area contributed by atoms with Crippen molar-refractivity contribution in [3.63, 3.8) is 0 Å². The lowest BCUT2D eigenvalue weighted by Gasteiger charge is -2.11. The Kier molecular flexibility index (Phi) is 10.7. The predicted molar refractivity (Wildman–Crippen MR) is 123 cm³/mol. The van der Waals surface area contributed by atoms with Gasteiger partial charge in [0.15, 0.2) is 5.96 Å². The molecule has 10 heteroatoms. The van der Waals surface area contributed by atoms with Crippen molar-refractivity contribution in [1.29, 1.82) is 0 Å². The molecule has 1 unspecified atom stereocenters. The van der Waals surface area contributed by atoms with Crippen LogP contribution in [0.3, 0.4) is 0 Å². The number of ether oxygens (including phenoxy) is 2. The van der Waals surface area contributed by atoms with Crippen molar-refractivity contribution in [1.82, 2.24) is 20.8 Å². The average Bonchev–Trinajstić information content (AvgIpc) is 3.39. The summed E-state index contributed by atoms with van der Waals surface area (Å²) in [6.07, 6.45) is 2.00. The molecule has 1 atom stereocenters. The Labute approximate surface area is 192 Å². The molecule has 3 rings (SSSR count). The van der Waals surface area contributed by atoms with Crippen LogP contribution >= 0.6 is 35.6 Å². The summed E-state index contributed by atoms with van der Waals surface area (Å²) < 4.78 is 16.3. The van der Waals surface area contributed by atoms with Crippen LogP contribution in [0.25, 0.3) is 11.4 Å². The average molecular weight is 536 g/mol. The van der Waals surface area contributed by atoms with Gasteiger partial charge in [-0.15, -0.1) is 24.0 Å². The van der Waals surface area contributed by atoms with Crippen LogP contribution in [0, 0.1) is 5.92 Å². The van der Waals surface area contributed by atoms with E-state index in [1.807, 2.05) is 12.1 Å². The fourth-order valence-corrected chi connectivity index (χ4v) is 2.99. The molecule has 0 bridgehead atoms. The van der Waals surface area contributed by atoms with Gasteiger partial charge in [0.05, 0.1) is 19.8 Å². The normalized spacial score (nSPS) is 16.5. The monoisotopic (exact) mass is 535 g/mol. The van der Waals surface area contributed by atoms with Gasteiger partial charge in [-0.1, -0.05) is 28.9 Å². The first kappa shape index (κ1) is 23.8. The molecule has 1 aliphatic heterocycles. The SMILES string of the molecule is CN=C(NCCCOCC1CCOC1)NCc1nc(-c2cccc(Cl)c2)no1.I. The summed E-state index contributed by atoms with van der Waals surface area (Å²) in [4.78, 5) is 8.56. The van der Waals surface area contributed by atoms with Crippen molar-refractivity contribution in [3.05, 3.63) is 35.2 Å². The summed E-state index contributed by atoms with van der Waals surface area (Å²) in [7, 11) is 1.72. The molecular weight excluding hydrogens is 509 g/mol. The highest BCUT2D eigenvalue weighted by Gasteiger charge is 2.15. The Morgan fingerprint density at radius 2 is 2.28 bits per heavy atom. The Bertz CT molecular complexity index is 768. The number of hydrogen-bond acceptors (Lipinski definition) is 6.